The first-order valence-corrected chi connectivity index (χ1v) is 9.33. The molecule has 27 heavy (non-hydrogen) atoms. The number of hydrogen-bond donors (Lipinski definition) is 1. The standard InChI is InChI=1S/C20H22Cl2N2O2.ClH/c1-24(20(25)13-3-6-15(26-2)7-4-13)19-9-10-23-12-16(19)14-5-8-17(21)18(22)11-14;/h3-8,11,16,19,23H,9-10,12H2,1-2H3;1H. The molecule has 1 aliphatic rings. The van der Waals surface area contributed by atoms with Crippen molar-refractivity contribution in [2.24, 2.45) is 0 Å². The average molecular weight is 430 g/mol. The summed E-state index contributed by atoms with van der Waals surface area (Å²) in [6.07, 6.45) is 0.878. The van der Waals surface area contributed by atoms with Crippen molar-refractivity contribution in [3.05, 3.63) is 63.6 Å². The Bertz CT molecular complexity index is 783. The van der Waals surface area contributed by atoms with E-state index in [0.29, 0.717) is 15.6 Å². The molecule has 0 saturated carbocycles. The van der Waals surface area contributed by atoms with E-state index in [1.165, 1.54) is 0 Å². The summed E-state index contributed by atoms with van der Waals surface area (Å²) >= 11 is 12.3. The number of benzene rings is 2. The SMILES string of the molecule is COc1ccc(C(=O)N(C)C2CCNCC2c2ccc(Cl)c(Cl)c2)cc1.Cl. The van der Waals surface area contributed by atoms with E-state index in [9.17, 15) is 4.79 Å². The highest BCUT2D eigenvalue weighted by atomic mass is 35.5. The number of ether oxygens (including phenoxy) is 1. The smallest absolute Gasteiger partial charge is 0.253 e. The van der Waals surface area contributed by atoms with Gasteiger partial charge in [0.1, 0.15) is 5.75 Å². The maximum Gasteiger partial charge on any atom is 0.253 e. The van der Waals surface area contributed by atoms with Gasteiger partial charge in [0.05, 0.1) is 17.2 Å². The van der Waals surface area contributed by atoms with Gasteiger partial charge < -0.3 is 15.0 Å². The molecule has 146 valence electrons. The molecule has 0 aliphatic carbocycles. The molecule has 1 amide bonds. The molecule has 7 heteroatoms. The van der Waals surface area contributed by atoms with E-state index < -0.39 is 0 Å². The fourth-order valence-electron chi connectivity index (χ4n) is 3.48. The van der Waals surface area contributed by atoms with E-state index >= 15 is 0 Å². The lowest BCUT2D eigenvalue weighted by molar-refractivity contribution is 0.0679. The van der Waals surface area contributed by atoms with Crippen LogP contribution in [0.15, 0.2) is 42.5 Å². The summed E-state index contributed by atoms with van der Waals surface area (Å²) in [7, 11) is 3.48. The molecule has 3 rings (SSSR count). The Morgan fingerprint density at radius 1 is 1.15 bits per heavy atom. The van der Waals surface area contributed by atoms with Crippen LogP contribution in [0.25, 0.3) is 0 Å². The van der Waals surface area contributed by atoms with Crippen LogP contribution in [-0.2, 0) is 0 Å². The summed E-state index contributed by atoms with van der Waals surface area (Å²) in [6.45, 7) is 1.67. The van der Waals surface area contributed by atoms with E-state index in [-0.39, 0.29) is 30.3 Å². The van der Waals surface area contributed by atoms with Crippen molar-refractivity contribution >= 4 is 41.5 Å². The normalized spacial score (nSPS) is 19.1. The van der Waals surface area contributed by atoms with Crippen LogP contribution in [0.1, 0.15) is 28.3 Å². The summed E-state index contributed by atoms with van der Waals surface area (Å²) in [5.41, 5.74) is 1.74. The Labute approximate surface area is 176 Å². The number of methoxy groups -OCH3 is 1. The fourth-order valence-corrected chi connectivity index (χ4v) is 3.79. The minimum absolute atomic E-state index is 0. The number of amides is 1. The number of carbonyl (C=O) groups is 1. The van der Waals surface area contributed by atoms with Gasteiger partial charge in [-0.25, -0.2) is 0 Å². The van der Waals surface area contributed by atoms with Gasteiger partial charge in [0, 0.05) is 31.1 Å². The highest BCUT2D eigenvalue weighted by Gasteiger charge is 2.32. The number of likely N-dealkylation sites (N-methyl/N-ethyl adjacent to an activating group) is 1. The molecule has 0 bridgehead atoms. The molecule has 1 heterocycles. The van der Waals surface area contributed by atoms with Gasteiger partial charge in [-0.05, 0) is 54.9 Å². The molecule has 1 N–H and O–H groups in total. The predicted octanol–water partition coefficient (Wildman–Crippen LogP) is 4.64. The van der Waals surface area contributed by atoms with Crippen molar-refractivity contribution in [3.63, 3.8) is 0 Å². The first kappa shape index (κ1) is 21.8. The second-order valence-electron chi connectivity index (χ2n) is 6.48. The molecule has 0 aromatic heterocycles. The molecular weight excluding hydrogens is 407 g/mol. The van der Waals surface area contributed by atoms with Crippen LogP contribution in [0.4, 0.5) is 0 Å². The lowest BCUT2D eigenvalue weighted by Crippen LogP contribution is -2.49. The first-order chi connectivity index (χ1) is 12.5. The molecule has 1 aliphatic heterocycles. The van der Waals surface area contributed by atoms with Crippen LogP contribution in [0.5, 0.6) is 5.75 Å². The lowest BCUT2D eigenvalue weighted by atomic mass is 9.85. The molecule has 0 radical (unpaired) electrons. The van der Waals surface area contributed by atoms with Gasteiger partial charge in [0.15, 0.2) is 0 Å². The Morgan fingerprint density at radius 3 is 2.48 bits per heavy atom. The number of hydrogen-bond acceptors (Lipinski definition) is 3. The molecule has 2 unspecified atom stereocenters. The average Bonchev–Trinajstić information content (AvgIpc) is 2.69. The van der Waals surface area contributed by atoms with Crippen molar-refractivity contribution in [1.82, 2.24) is 10.2 Å². The van der Waals surface area contributed by atoms with Crippen LogP contribution in [0.3, 0.4) is 0 Å². The zero-order chi connectivity index (χ0) is 18.7. The quantitative estimate of drug-likeness (QED) is 0.769. The second-order valence-corrected chi connectivity index (χ2v) is 7.30. The van der Waals surface area contributed by atoms with E-state index in [4.69, 9.17) is 27.9 Å². The third-order valence-corrected chi connectivity index (χ3v) is 5.71. The summed E-state index contributed by atoms with van der Waals surface area (Å²) in [5, 5.41) is 4.50. The lowest BCUT2D eigenvalue weighted by Gasteiger charge is -2.39. The minimum atomic E-state index is 0. The van der Waals surface area contributed by atoms with Gasteiger partial charge in [-0.3, -0.25) is 4.79 Å². The van der Waals surface area contributed by atoms with Crippen molar-refractivity contribution in [3.8, 4) is 5.75 Å². The highest BCUT2D eigenvalue weighted by molar-refractivity contribution is 6.42. The maximum atomic E-state index is 13.0. The van der Waals surface area contributed by atoms with E-state index in [0.717, 1.165) is 30.8 Å². The molecule has 1 saturated heterocycles. The number of halogens is 3. The molecule has 4 nitrogen and oxygen atoms in total. The monoisotopic (exact) mass is 428 g/mol. The van der Waals surface area contributed by atoms with Gasteiger partial charge >= 0.3 is 0 Å². The summed E-state index contributed by atoms with van der Waals surface area (Å²) in [6, 6.07) is 13.0. The summed E-state index contributed by atoms with van der Waals surface area (Å²) in [4.78, 5) is 14.8. The van der Waals surface area contributed by atoms with Gasteiger partial charge in [-0.15, -0.1) is 12.4 Å². The van der Waals surface area contributed by atoms with Gasteiger partial charge in [0.25, 0.3) is 5.91 Å². The molecule has 0 spiro atoms. The van der Waals surface area contributed by atoms with E-state index in [1.54, 1.807) is 31.4 Å². The van der Waals surface area contributed by atoms with Crippen LogP contribution in [0.2, 0.25) is 10.0 Å². The van der Waals surface area contributed by atoms with Crippen LogP contribution >= 0.6 is 35.6 Å². The largest absolute Gasteiger partial charge is 0.497 e. The van der Waals surface area contributed by atoms with E-state index in [2.05, 4.69) is 5.32 Å². The zero-order valence-corrected chi connectivity index (χ0v) is 17.6. The van der Waals surface area contributed by atoms with Crippen molar-refractivity contribution in [1.29, 1.82) is 0 Å². The van der Waals surface area contributed by atoms with Gasteiger partial charge in [-0.2, -0.15) is 0 Å². The molecular formula is C20H23Cl3N2O2. The Hall–Kier alpha value is -1.46. The molecule has 2 aromatic carbocycles. The topological polar surface area (TPSA) is 41.6 Å². The molecule has 2 aromatic rings. The van der Waals surface area contributed by atoms with Crippen LogP contribution in [-0.4, -0.2) is 44.1 Å². The van der Waals surface area contributed by atoms with Gasteiger partial charge in [-0.1, -0.05) is 29.3 Å². The molecule has 2 atom stereocenters. The van der Waals surface area contributed by atoms with Crippen LogP contribution < -0.4 is 10.1 Å². The van der Waals surface area contributed by atoms with Crippen molar-refractivity contribution < 1.29 is 9.53 Å². The molecule has 1 fully saturated rings. The number of nitrogens with zero attached hydrogens (tertiary/aromatic N) is 1. The number of piperidine rings is 1. The van der Waals surface area contributed by atoms with Crippen molar-refractivity contribution in [2.45, 2.75) is 18.4 Å². The van der Waals surface area contributed by atoms with Crippen molar-refractivity contribution in [2.75, 3.05) is 27.2 Å². The van der Waals surface area contributed by atoms with Gasteiger partial charge in [0.2, 0.25) is 0 Å². The highest BCUT2D eigenvalue weighted by Crippen LogP contribution is 2.32. The zero-order valence-electron chi connectivity index (χ0n) is 15.2. The second kappa shape index (κ2) is 9.65. The maximum absolute atomic E-state index is 13.0. The predicted molar refractivity (Wildman–Crippen MR) is 113 cm³/mol. The number of nitrogens with one attached hydrogen (secondary N) is 1. The Morgan fingerprint density at radius 2 is 1.85 bits per heavy atom. The first-order valence-electron chi connectivity index (χ1n) is 8.58. The number of carbonyl (C=O) groups excluding carboxylic acids is 1. The minimum Gasteiger partial charge on any atom is -0.497 e. The Kier molecular flexibility index (Phi) is 7.80. The van der Waals surface area contributed by atoms with E-state index in [1.807, 2.05) is 30.1 Å². The number of rotatable bonds is 4. The third kappa shape index (κ3) is 4.88. The third-order valence-electron chi connectivity index (χ3n) is 4.97. The summed E-state index contributed by atoms with van der Waals surface area (Å²) in [5.74, 6) is 0.898. The van der Waals surface area contributed by atoms with Crippen LogP contribution in [0, 0.1) is 0 Å². The summed E-state index contributed by atoms with van der Waals surface area (Å²) < 4.78 is 5.16. The fraction of sp³-hybridized carbons (Fsp3) is 0.350. The Balaban J connectivity index is 0.00000261.